The molecule has 2 aromatic rings. The van der Waals surface area contributed by atoms with Crippen LogP contribution in [0.1, 0.15) is 5.69 Å². The van der Waals surface area contributed by atoms with Crippen molar-refractivity contribution in [3.63, 3.8) is 0 Å². The van der Waals surface area contributed by atoms with Crippen LogP contribution in [0.5, 0.6) is 5.75 Å². The summed E-state index contributed by atoms with van der Waals surface area (Å²) in [7, 11) is 1.55. The normalized spacial score (nSPS) is 15.4. The fraction of sp³-hybridized carbons (Fsp3) is 0.167. The van der Waals surface area contributed by atoms with Crippen LogP contribution < -0.4 is 15.4 Å². The second kappa shape index (κ2) is 8.37. The molecule has 1 aromatic carbocycles. The van der Waals surface area contributed by atoms with E-state index in [1.54, 1.807) is 42.8 Å². The Balaban J connectivity index is 1.56. The van der Waals surface area contributed by atoms with Crippen molar-refractivity contribution in [1.82, 2.24) is 4.98 Å². The van der Waals surface area contributed by atoms with E-state index in [1.165, 1.54) is 23.6 Å². The standard InChI is InChI=1S/C18H16N4O4S/c1-26-13-5-2-4-11(8-13)20-15(23)9-12-10-27-18(21-12)22-17(25)14-6-3-7-19-16(14)24/h2-8,10,14H,9H2,1H3,(H,20,23)(H,21,22,25). The zero-order valence-electron chi connectivity index (χ0n) is 14.3. The summed E-state index contributed by atoms with van der Waals surface area (Å²) in [5.41, 5.74) is 1.13. The number of hydrogen-bond acceptors (Lipinski definition) is 6. The smallest absolute Gasteiger partial charge is 0.262 e. The second-order valence-corrected chi connectivity index (χ2v) is 6.43. The molecule has 27 heavy (non-hydrogen) atoms. The Hall–Kier alpha value is -3.33. The number of carbonyl (C=O) groups is 3. The quantitative estimate of drug-likeness (QED) is 0.741. The van der Waals surface area contributed by atoms with Crippen LogP contribution in [0.4, 0.5) is 10.8 Å². The summed E-state index contributed by atoms with van der Waals surface area (Å²) in [6.45, 7) is 0. The zero-order chi connectivity index (χ0) is 19.2. The van der Waals surface area contributed by atoms with Crippen molar-refractivity contribution in [2.24, 2.45) is 10.9 Å². The molecule has 0 saturated heterocycles. The van der Waals surface area contributed by atoms with Crippen molar-refractivity contribution in [2.75, 3.05) is 17.7 Å². The molecule has 0 saturated carbocycles. The van der Waals surface area contributed by atoms with E-state index in [1.807, 2.05) is 0 Å². The second-order valence-electron chi connectivity index (χ2n) is 5.57. The number of aliphatic imine (C=N–C) groups is 1. The van der Waals surface area contributed by atoms with Gasteiger partial charge in [0.1, 0.15) is 11.7 Å². The summed E-state index contributed by atoms with van der Waals surface area (Å²) in [4.78, 5) is 43.7. The molecule has 3 amide bonds. The van der Waals surface area contributed by atoms with E-state index in [9.17, 15) is 14.4 Å². The van der Waals surface area contributed by atoms with Gasteiger partial charge in [0.25, 0.3) is 5.91 Å². The highest BCUT2D eigenvalue weighted by Gasteiger charge is 2.25. The number of methoxy groups -OCH3 is 1. The lowest BCUT2D eigenvalue weighted by Crippen LogP contribution is -2.28. The molecule has 1 aliphatic rings. The number of allylic oxidation sites excluding steroid dienone is 1. The van der Waals surface area contributed by atoms with Gasteiger partial charge in [-0.05, 0) is 18.2 Å². The summed E-state index contributed by atoms with van der Waals surface area (Å²) in [5, 5.41) is 7.33. The molecular formula is C18H16N4O4S. The van der Waals surface area contributed by atoms with Crippen LogP contribution in [0.2, 0.25) is 0 Å². The molecule has 2 N–H and O–H groups in total. The third-order valence-corrected chi connectivity index (χ3v) is 4.42. The Morgan fingerprint density at radius 3 is 2.93 bits per heavy atom. The number of hydrogen-bond donors (Lipinski definition) is 2. The molecule has 2 heterocycles. The number of anilines is 2. The van der Waals surface area contributed by atoms with E-state index in [2.05, 4.69) is 20.6 Å². The van der Waals surface area contributed by atoms with E-state index < -0.39 is 17.7 Å². The predicted molar refractivity (Wildman–Crippen MR) is 102 cm³/mol. The molecule has 138 valence electrons. The van der Waals surface area contributed by atoms with Crippen LogP contribution in [0, 0.1) is 5.92 Å². The highest BCUT2D eigenvalue weighted by molar-refractivity contribution is 7.14. The monoisotopic (exact) mass is 384 g/mol. The van der Waals surface area contributed by atoms with Crippen molar-refractivity contribution >= 4 is 46.1 Å². The third-order valence-electron chi connectivity index (χ3n) is 3.62. The highest BCUT2D eigenvalue weighted by atomic mass is 32.1. The van der Waals surface area contributed by atoms with Gasteiger partial charge in [0.2, 0.25) is 11.8 Å². The van der Waals surface area contributed by atoms with E-state index in [-0.39, 0.29) is 12.3 Å². The van der Waals surface area contributed by atoms with Gasteiger partial charge in [0, 0.05) is 23.3 Å². The number of amides is 3. The van der Waals surface area contributed by atoms with Crippen LogP contribution in [-0.2, 0) is 20.8 Å². The lowest BCUT2D eigenvalue weighted by molar-refractivity contribution is -0.128. The lowest BCUT2D eigenvalue weighted by atomic mass is 10.1. The van der Waals surface area contributed by atoms with Crippen molar-refractivity contribution in [1.29, 1.82) is 0 Å². The molecule has 1 unspecified atom stereocenters. The maximum atomic E-state index is 12.2. The summed E-state index contributed by atoms with van der Waals surface area (Å²) < 4.78 is 5.11. The number of dihydropyridines is 1. The van der Waals surface area contributed by atoms with Crippen LogP contribution >= 0.6 is 11.3 Å². The summed E-state index contributed by atoms with van der Waals surface area (Å²) in [5.74, 6) is -1.59. The topological polar surface area (TPSA) is 110 Å². The first kappa shape index (κ1) is 18.5. The van der Waals surface area contributed by atoms with Gasteiger partial charge in [-0.25, -0.2) is 9.98 Å². The van der Waals surface area contributed by atoms with Crippen LogP contribution in [0.25, 0.3) is 0 Å². The molecule has 1 atom stereocenters. The van der Waals surface area contributed by atoms with Gasteiger partial charge in [0.05, 0.1) is 19.2 Å². The fourth-order valence-electron chi connectivity index (χ4n) is 2.34. The zero-order valence-corrected chi connectivity index (χ0v) is 15.2. The van der Waals surface area contributed by atoms with Crippen LogP contribution in [0.3, 0.4) is 0 Å². The van der Waals surface area contributed by atoms with Gasteiger partial charge in [-0.2, -0.15) is 0 Å². The Morgan fingerprint density at radius 1 is 1.30 bits per heavy atom. The molecule has 1 aromatic heterocycles. The first-order valence-corrected chi connectivity index (χ1v) is 8.87. The summed E-state index contributed by atoms with van der Waals surface area (Å²) >= 11 is 1.18. The van der Waals surface area contributed by atoms with Gasteiger partial charge in [-0.1, -0.05) is 12.1 Å². The number of nitrogens with one attached hydrogen (secondary N) is 2. The number of aromatic nitrogens is 1. The number of ether oxygens (including phenoxy) is 1. The third kappa shape index (κ3) is 4.85. The number of nitrogens with zero attached hydrogens (tertiary/aromatic N) is 2. The molecule has 0 radical (unpaired) electrons. The van der Waals surface area contributed by atoms with Gasteiger partial charge in [-0.3, -0.25) is 14.4 Å². The molecule has 0 fully saturated rings. The average molecular weight is 384 g/mol. The maximum absolute atomic E-state index is 12.2. The average Bonchev–Trinajstić information content (AvgIpc) is 3.08. The minimum absolute atomic E-state index is 0.0517. The highest BCUT2D eigenvalue weighted by Crippen LogP contribution is 2.20. The van der Waals surface area contributed by atoms with E-state index in [0.29, 0.717) is 22.3 Å². The van der Waals surface area contributed by atoms with Gasteiger partial charge in [0.15, 0.2) is 5.13 Å². The first-order valence-electron chi connectivity index (χ1n) is 7.99. The number of carbonyl (C=O) groups excluding carboxylic acids is 3. The molecule has 8 nitrogen and oxygen atoms in total. The van der Waals surface area contributed by atoms with Gasteiger partial charge >= 0.3 is 0 Å². The number of thiazole rings is 1. The summed E-state index contributed by atoms with van der Waals surface area (Å²) in [6.07, 6.45) is 4.41. The van der Waals surface area contributed by atoms with Gasteiger partial charge < -0.3 is 15.4 Å². The van der Waals surface area contributed by atoms with Gasteiger partial charge in [-0.15, -0.1) is 11.3 Å². The minimum Gasteiger partial charge on any atom is -0.497 e. The molecule has 9 heteroatoms. The molecular weight excluding hydrogens is 368 g/mol. The molecule has 0 bridgehead atoms. The Labute approximate surface area is 159 Å². The lowest BCUT2D eigenvalue weighted by Gasteiger charge is -2.09. The largest absolute Gasteiger partial charge is 0.497 e. The first-order chi connectivity index (χ1) is 13.0. The summed E-state index contributed by atoms with van der Waals surface area (Å²) in [6, 6.07) is 7.02. The molecule has 1 aliphatic heterocycles. The SMILES string of the molecule is COc1cccc(NC(=O)Cc2csc(NC(=O)C3C=CC=NC3=O)n2)c1. The van der Waals surface area contributed by atoms with Crippen LogP contribution in [0.15, 0.2) is 46.8 Å². The Bertz CT molecular complexity index is 935. The van der Waals surface area contributed by atoms with Crippen molar-refractivity contribution in [2.45, 2.75) is 6.42 Å². The predicted octanol–water partition coefficient (Wildman–Crippen LogP) is 2.05. The van der Waals surface area contributed by atoms with Crippen molar-refractivity contribution in [3.8, 4) is 5.75 Å². The Kier molecular flexibility index (Phi) is 5.72. The minimum atomic E-state index is -0.960. The number of rotatable bonds is 6. The van der Waals surface area contributed by atoms with E-state index >= 15 is 0 Å². The molecule has 3 rings (SSSR count). The number of benzene rings is 1. The van der Waals surface area contributed by atoms with Crippen molar-refractivity contribution < 1.29 is 19.1 Å². The van der Waals surface area contributed by atoms with Crippen LogP contribution in [-0.4, -0.2) is 36.0 Å². The fourth-order valence-corrected chi connectivity index (χ4v) is 3.05. The molecule has 0 aliphatic carbocycles. The maximum Gasteiger partial charge on any atom is 0.262 e. The Morgan fingerprint density at radius 2 is 2.15 bits per heavy atom. The van der Waals surface area contributed by atoms with E-state index in [4.69, 9.17) is 4.74 Å². The molecule has 0 spiro atoms. The van der Waals surface area contributed by atoms with E-state index in [0.717, 1.165) is 0 Å². The van der Waals surface area contributed by atoms with Crippen molar-refractivity contribution in [3.05, 3.63) is 47.5 Å².